The lowest BCUT2D eigenvalue weighted by Gasteiger charge is -2.14. The van der Waals surface area contributed by atoms with Crippen molar-refractivity contribution in [1.29, 1.82) is 0 Å². The summed E-state index contributed by atoms with van der Waals surface area (Å²) in [6.07, 6.45) is 0. The Hall–Kier alpha value is -6.38. The highest BCUT2D eigenvalue weighted by molar-refractivity contribution is 6.29. The molecule has 0 saturated carbocycles. The lowest BCUT2D eigenvalue weighted by molar-refractivity contribution is 1.17. The monoisotopic (exact) mass is 610 g/mol. The second kappa shape index (κ2) is 10.6. The van der Waals surface area contributed by atoms with Crippen LogP contribution in [-0.2, 0) is 0 Å². The third-order valence-electron chi connectivity index (χ3n) is 9.85. The Morgan fingerprint density at radius 1 is 0.271 bits per heavy atom. The molecule has 2 nitrogen and oxygen atoms in total. The normalized spacial score (nSPS) is 11.8. The lowest BCUT2D eigenvalue weighted by atomic mass is 9.98. The van der Waals surface area contributed by atoms with Gasteiger partial charge in [0.05, 0.1) is 22.1 Å². The van der Waals surface area contributed by atoms with E-state index < -0.39 is 0 Å². The average molecular weight is 611 g/mol. The van der Waals surface area contributed by atoms with E-state index in [4.69, 9.17) is 0 Å². The van der Waals surface area contributed by atoms with Crippen LogP contribution in [0.2, 0.25) is 0 Å². The molecule has 0 atom stereocenters. The third kappa shape index (κ3) is 4.06. The zero-order valence-electron chi connectivity index (χ0n) is 26.2. The highest BCUT2D eigenvalue weighted by Crippen LogP contribution is 2.43. The molecule has 0 spiro atoms. The Kier molecular flexibility index (Phi) is 5.91. The number of para-hydroxylation sites is 2. The highest BCUT2D eigenvalue weighted by Gasteiger charge is 2.21. The predicted octanol–water partition coefficient (Wildman–Crippen LogP) is 12.4. The second-order valence-corrected chi connectivity index (χ2v) is 12.6. The van der Waals surface area contributed by atoms with Crippen LogP contribution in [-0.4, -0.2) is 9.13 Å². The van der Waals surface area contributed by atoms with Crippen LogP contribution in [0.25, 0.3) is 88.0 Å². The maximum Gasteiger partial charge on any atom is 0.0548 e. The molecule has 0 aliphatic carbocycles. The van der Waals surface area contributed by atoms with Crippen LogP contribution in [0.4, 0.5) is 0 Å². The Labute approximate surface area is 278 Å². The van der Waals surface area contributed by atoms with Crippen LogP contribution >= 0.6 is 0 Å². The number of benzene rings is 8. The Morgan fingerprint density at radius 2 is 0.750 bits per heavy atom. The van der Waals surface area contributed by atoms with E-state index in [1.165, 1.54) is 82.3 Å². The van der Waals surface area contributed by atoms with Gasteiger partial charge < -0.3 is 9.13 Å². The molecular formula is C46H30N2. The molecule has 2 heteroatoms. The first-order chi connectivity index (χ1) is 23.8. The van der Waals surface area contributed by atoms with Gasteiger partial charge in [0.25, 0.3) is 0 Å². The molecule has 0 unspecified atom stereocenters. The van der Waals surface area contributed by atoms with E-state index >= 15 is 0 Å². The average Bonchev–Trinajstić information content (AvgIpc) is 3.68. The van der Waals surface area contributed by atoms with E-state index in [9.17, 15) is 0 Å². The quantitative estimate of drug-likeness (QED) is 0.188. The molecule has 224 valence electrons. The van der Waals surface area contributed by atoms with Gasteiger partial charge in [0.1, 0.15) is 0 Å². The fraction of sp³-hybridized carbons (Fsp3) is 0. The van der Waals surface area contributed by atoms with Crippen LogP contribution in [0.5, 0.6) is 0 Å². The third-order valence-corrected chi connectivity index (χ3v) is 9.85. The molecule has 10 rings (SSSR count). The van der Waals surface area contributed by atoms with Crippen molar-refractivity contribution in [3.63, 3.8) is 0 Å². The molecule has 0 radical (unpaired) electrons. The molecule has 48 heavy (non-hydrogen) atoms. The van der Waals surface area contributed by atoms with Crippen molar-refractivity contribution < 1.29 is 0 Å². The van der Waals surface area contributed by atoms with Crippen molar-refractivity contribution >= 4 is 54.4 Å². The summed E-state index contributed by atoms with van der Waals surface area (Å²) >= 11 is 0. The minimum absolute atomic E-state index is 1.15. The topological polar surface area (TPSA) is 9.86 Å². The predicted molar refractivity (Wildman–Crippen MR) is 203 cm³/mol. The molecule has 2 aromatic heterocycles. The molecule has 0 fully saturated rings. The van der Waals surface area contributed by atoms with Gasteiger partial charge in [-0.05, 0) is 87.6 Å². The molecule has 10 aromatic rings. The van der Waals surface area contributed by atoms with E-state index in [1.807, 2.05) is 0 Å². The van der Waals surface area contributed by atoms with Crippen molar-refractivity contribution in [2.75, 3.05) is 0 Å². The molecule has 0 saturated heterocycles. The van der Waals surface area contributed by atoms with Gasteiger partial charge in [-0.1, -0.05) is 127 Å². The minimum atomic E-state index is 1.15. The summed E-state index contributed by atoms with van der Waals surface area (Å²) in [5.74, 6) is 0. The Bertz CT molecular complexity index is 2760. The molecule has 0 N–H and O–H groups in total. The Balaban J connectivity index is 1.31. The maximum atomic E-state index is 2.46. The van der Waals surface area contributed by atoms with E-state index in [0.717, 1.165) is 5.69 Å². The van der Waals surface area contributed by atoms with Gasteiger partial charge in [0.15, 0.2) is 0 Å². The molecule has 0 aliphatic rings. The van der Waals surface area contributed by atoms with Gasteiger partial charge in [-0.15, -0.1) is 0 Å². The molecule has 0 amide bonds. The van der Waals surface area contributed by atoms with Crippen LogP contribution in [0.1, 0.15) is 0 Å². The summed E-state index contributed by atoms with van der Waals surface area (Å²) < 4.78 is 4.90. The van der Waals surface area contributed by atoms with Crippen molar-refractivity contribution in [3.05, 3.63) is 182 Å². The SMILES string of the molecule is c1ccc(-c2cc(-c3ccccc3)cc(-n3c4ccccc4c4c5c6ccccc6n(-c6ccc7ccccc7c6)c5ccc43)c2)cc1. The number of aromatic nitrogens is 2. The summed E-state index contributed by atoms with van der Waals surface area (Å²) in [7, 11) is 0. The van der Waals surface area contributed by atoms with Gasteiger partial charge in [0.2, 0.25) is 0 Å². The first-order valence-electron chi connectivity index (χ1n) is 16.5. The summed E-state index contributed by atoms with van der Waals surface area (Å²) in [5.41, 5.74) is 12.0. The fourth-order valence-electron chi connectivity index (χ4n) is 7.73. The molecule has 0 aliphatic heterocycles. The Morgan fingerprint density at radius 3 is 1.33 bits per heavy atom. The molecular weight excluding hydrogens is 581 g/mol. The number of hydrogen-bond acceptors (Lipinski definition) is 0. The standard InChI is InChI=1S/C46H30N2/c1-3-13-31(14-4-1)35-27-36(32-15-5-2-6-16-32)30-38(29-35)48-42-22-12-10-20-40(42)46-44(48)26-25-43-45(46)39-19-9-11-21-41(39)47(43)37-24-23-33-17-7-8-18-34(33)28-37/h1-30H. The number of fused-ring (bicyclic) bond motifs is 8. The van der Waals surface area contributed by atoms with Gasteiger partial charge in [-0.3, -0.25) is 0 Å². The van der Waals surface area contributed by atoms with E-state index in [0.29, 0.717) is 0 Å². The number of hydrogen-bond donors (Lipinski definition) is 0. The molecule has 2 heterocycles. The minimum Gasteiger partial charge on any atom is -0.309 e. The number of nitrogens with zero attached hydrogens (tertiary/aromatic N) is 2. The van der Waals surface area contributed by atoms with E-state index in [1.54, 1.807) is 0 Å². The first kappa shape index (κ1) is 26.8. The highest BCUT2D eigenvalue weighted by atomic mass is 15.0. The summed E-state index contributed by atoms with van der Waals surface area (Å²) in [5, 5.41) is 7.58. The van der Waals surface area contributed by atoms with E-state index in [-0.39, 0.29) is 0 Å². The molecule has 8 aromatic carbocycles. The van der Waals surface area contributed by atoms with Crippen LogP contribution < -0.4 is 0 Å². The van der Waals surface area contributed by atoms with Crippen molar-refractivity contribution in [2.24, 2.45) is 0 Å². The lowest BCUT2D eigenvalue weighted by Crippen LogP contribution is -1.96. The van der Waals surface area contributed by atoms with Crippen molar-refractivity contribution in [1.82, 2.24) is 9.13 Å². The zero-order chi connectivity index (χ0) is 31.6. The van der Waals surface area contributed by atoms with Crippen molar-refractivity contribution in [3.8, 4) is 33.6 Å². The van der Waals surface area contributed by atoms with Crippen LogP contribution in [0.3, 0.4) is 0 Å². The van der Waals surface area contributed by atoms with Crippen LogP contribution in [0, 0.1) is 0 Å². The second-order valence-electron chi connectivity index (χ2n) is 12.6. The summed E-state index contributed by atoms with van der Waals surface area (Å²) in [6, 6.07) is 66.2. The summed E-state index contributed by atoms with van der Waals surface area (Å²) in [6.45, 7) is 0. The fourth-order valence-corrected chi connectivity index (χ4v) is 7.73. The van der Waals surface area contributed by atoms with Crippen molar-refractivity contribution in [2.45, 2.75) is 0 Å². The van der Waals surface area contributed by atoms with Gasteiger partial charge in [0, 0.05) is 32.9 Å². The largest absolute Gasteiger partial charge is 0.309 e. The zero-order valence-corrected chi connectivity index (χ0v) is 26.2. The van der Waals surface area contributed by atoms with Gasteiger partial charge in [-0.25, -0.2) is 0 Å². The van der Waals surface area contributed by atoms with Gasteiger partial charge >= 0.3 is 0 Å². The number of rotatable bonds is 4. The first-order valence-corrected chi connectivity index (χ1v) is 16.5. The van der Waals surface area contributed by atoms with E-state index in [2.05, 4.69) is 191 Å². The smallest absolute Gasteiger partial charge is 0.0548 e. The summed E-state index contributed by atoms with van der Waals surface area (Å²) in [4.78, 5) is 0. The molecule has 0 bridgehead atoms. The van der Waals surface area contributed by atoms with Gasteiger partial charge in [-0.2, -0.15) is 0 Å². The maximum absolute atomic E-state index is 2.46. The van der Waals surface area contributed by atoms with Crippen LogP contribution in [0.15, 0.2) is 182 Å².